The Morgan fingerprint density at radius 3 is 2.61 bits per heavy atom. The summed E-state index contributed by atoms with van der Waals surface area (Å²) in [5.74, 6) is 0. The summed E-state index contributed by atoms with van der Waals surface area (Å²) < 4.78 is 26.2. The number of pyridine rings is 1. The molecular formula is C12H17N3O2S. The molecule has 0 bridgehead atoms. The Hall–Kier alpha value is -1.45. The number of hydrogen-bond acceptors (Lipinski definition) is 4. The third-order valence-electron chi connectivity index (χ3n) is 3.23. The van der Waals surface area contributed by atoms with E-state index in [-0.39, 0.29) is 10.6 Å². The monoisotopic (exact) mass is 267 g/mol. The minimum Gasteiger partial charge on any atom is -0.244 e. The molecule has 0 aliphatic heterocycles. The minimum atomic E-state index is -3.70. The first-order valence-electron chi connectivity index (χ1n) is 5.61. The van der Waals surface area contributed by atoms with Crippen LogP contribution in [0, 0.1) is 11.3 Å². The molecule has 5 nitrogen and oxygen atoms in total. The summed E-state index contributed by atoms with van der Waals surface area (Å²) in [5.41, 5.74) is -0.585. The number of sulfonamides is 1. The van der Waals surface area contributed by atoms with Gasteiger partial charge < -0.3 is 0 Å². The smallest absolute Gasteiger partial charge is 0.244 e. The number of nitriles is 1. The van der Waals surface area contributed by atoms with E-state index >= 15 is 0 Å². The summed E-state index contributed by atoms with van der Waals surface area (Å²) in [5, 5.41) is 8.93. The third kappa shape index (κ3) is 2.52. The molecule has 0 spiro atoms. The van der Waals surface area contributed by atoms with Crippen LogP contribution in [0.15, 0.2) is 23.2 Å². The molecule has 18 heavy (non-hydrogen) atoms. The maximum atomic E-state index is 12.5. The van der Waals surface area contributed by atoms with Crippen LogP contribution >= 0.6 is 0 Å². The molecule has 0 amide bonds. The molecule has 0 N–H and O–H groups in total. The van der Waals surface area contributed by atoms with E-state index in [0.29, 0.717) is 6.42 Å². The van der Waals surface area contributed by atoms with Crippen molar-refractivity contribution in [2.24, 2.45) is 0 Å². The highest BCUT2D eigenvalue weighted by atomic mass is 32.2. The molecule has 98 valence electrons. The van der Waals surface area contributed by atoms with Gasteiger partial charge in [0.15, 0.2) is 5.69 Å². The van der Waals surface area contributed by atoms with Gasteiger partial charge in [0.1, 0.15) is 11.0 Å². The second kappa shape index (κ2) is 5.04. The molecule has 6 heteroatoms. The van der Waals surface area contributed by atoms with Crippen molar-refractivity contribution >= 4 is 10.0 Å². The van der Waals surface area contributed by atoms with Crippen LogP contribution in [-0.4, -0.2) is 30.3 Å². The molecule has 0 radical (unpaired) electrons. The lowest BCUT2D eigenvalue weighted by atomic mass is 10.0. The van der Waals surface area contributed by atoms with Gasteiger partial charge in [0.2, 0.25) is 10.0 Å². The fraction of sp³-hybridized carbons (Fsp3) is 0.500. The predicted molar refractivity (Wildman–Crippen MR) is 68.3 cm³/mol. The van der Waals surface area contributed by atoms with E-state index in [1.807, 2.05) is 26.8 Å². The highest BCUT2D eigenvalue weighted by Crippen LogP contribution is 2.26. The van der Waals surface area contributed by atoms with Gasteiger partial charge in [0.25, 0.3) is 0 Å². The highest BCUT2D eigenvalue weighted by molar-refractivity contribution is 7.89. The molecule has 1 heterocycles. The Kier molecular flexibility index (Phi) is 4.09. The fourth-order valence-corrected chi connectivity index (χ4v) is 3.05. The number of hydrogen-bond donors (Lipinski definition) is 0. The third-order valence-corrected chi connectivity index (χ3v) is 5.33. The lowest BCUT2D eigenvalue weighted by Crippen LogP contribution is -2.44. The minimum absolute atomic E-state index is 0.0449. The standard InChI is InChI=1S/C12H17N3O2S/c1-5-12(2,3)15(4)18(16,17)11-7-6-8-14-10(11)9-13/h6-8H,5H2,1-4H3. The van der Waals surface area contributed by atoms with E-state index in [9.17, 15) is 8.42 Å². The van der Waals surface area contributed by atoms with Crippen LogP contribution in [0.5, 0.6) is 0 Å². The second-order valence-electron chi connectivity index (χ2n) is 4.60. The molecule has 0 aliphatic carbocycles. The van der Waals surface area contributed by atoms with Gasteiger partial charge in [-0.25, -0.2) is 13.4 Å². The number of aromatic nitrogens is 1. The van der Waals surface area contributed by atoms with Crippen molar-refractivity contribution in [2.75, 3.05) is 7.05 Å². The average Bonchev–Trinajstić information content (AvgIpc) is 2.37. The van der Waals surface area contributed by atoms with Crippen molar-refractivity contribution in [3.05, 3.63) is 24.0 Å². The predicted octanol–water partition coefficient (Wildman–Crippen LogP) is 1.76. The van der Waals surface area contributed by atoms with E-state index in [4.69, 9.17) is 5.26 Å². The first kappa shape index (κ1) is 14.6. The van der Waals surface area contributed by atoms with Gasteiger partial charge >= 0.3 is 0 Å². The first-order chi connectivity index (χ1) is 8.27. The van der Waals surface area contributed by atoms with Gasteiger partial charge in [-0.05, 0) is 32.4 Å². The van der Waals surface area contributed by atoms with Crippen LogP contribution in [0.3, 0.4) is 0 Å². The molecule has 0 fully saturated rings. The summed E-state index contributed by atoms with van der Waals surface area (Å²) in [7, 11) is -2.18. The SMILES string of the molecule is CCC(C)(C)N(C)S(=O)(=O)c1cccnc1C#N. The van der Waals surface area contributed by atoms with Crippen LogP contribution in [0.1, 0.15) is 32.9 Å². The summed E-state index contributed by atoms with van der Waals surface area (Å²) in [6.07, 6.45) is 2.08. The number of rotatable bonds is 4. The van der Waals surface area contributed by atoms with E-state index in [0.717, 1.165) is 0 Å². The molecule has 0 saturated carbocycles. The van der Waals surface area contributed by atoms with Crippen LogP contribution < -0.4 is 0 Å². The zero-order valence-corrected chi connectivity index (χ0v) is 11.8. The van der Waals surface area contributed by atoms with Crippen molar-refractivity contribution in [2.45, 2.75) is 37.6 Å². The summed E-state index contributed by atoms with van der Waals surface area (Å²) in [6.45, 7) is 5.60. The fourth-order valence-electron chi connectivity index (χ4n) is 1.38. The lowest BCUT2D eigenvalue weighted by molar-refractivity contribution is 0.257. The molecule has 0 aromatic carbocycles. The Morgan fingerprint density at radius 2 is 2.11 bits per heavy atom. The van der Waals surface area contributed by atoms with Crippen LogP contribution in [0.2, 0.25) is 0 Å². The quantitative estimate of drug-likeness (QED) is 0.833. The molecule has 1 aromatic rings. The van der Waals surface area contributed by atoms with E-state index in [1.54, 1.807) is 0 Å². The molecule has 1 rings (SSSR count). The zero-order valence-electron chi connectivity index (χ0n) is 11.0. The van der Waals surface area contributed by atoms with E-state index < -0.39 is 15.6 Å². The molecular weight excluding hydrogens is 250 g/mol. The maximum absolute atomic E-state index is 12.5. The van der Waals surface area contributed by atoms with Gasteiger partial charge in [-0.3, -0.25) is 0 Å². The van der Waals surface area contributed by atoms with Crippen LogP contribution in [-0.2, 0) is 10.0 Å². The van der Waals surface area contributed by atoms with Crippen LogP contribution in [0.25, 0.3) is 0 Å². The van der Waals surface area contributed by atoms with Crippen molar-refractivity contribution < 1.29 is 8.42 Å². The van der Waals surface area contributed by atoms with Gasteiger partial charge in [-0.1, -0.05) is 6.92 Å². The zero-order chi connectivity index (χ0) is 14.0. The van der Waals surface area contributed by atoms with Crippen molar-refractivity contribution in [1.82, 2.24) is 9.29 Å². The molecule has 0 aliphatic rings. The Bertz CT molecular complexity index is 573. The summed E-state index contributed by atoms with van der Waals surface area (Å²) >= 11 is 0. The molecule has 0 atom stereocenters. The molecule has 1 aromatic heterocycles. The topological polar surface area (TPSA) is 74.1 Å². The van der Waals surface area contributed by atoms with Gasteiger partial charge in [0.05, 0.1) is 0 Å². The average molecular weight is 267 g/mol. The largest absolute Gasteiger partial charge is 0.246 e. The van der Waals surface area contributed by atoms with Crippen molar-refractivity contribution in [3.63, 3.8) is 0 Å². The number of nitrogens with zero attached hydrogens (tertiary/aromatic N) is 3. The van der Waals surface area contributed by atoms with Gasteiger partial charge in [-0.15, -0.1) is 0 Å². The highest BCUT2D eigenvalue weighted by Gasteiger charge is 2.34. The van der Waals surface area contributed by atoms with Crippen LogP contribution in [0.4, 0.5) is 0 Å². The van der Waals surface area contributed by atoms with Crippen molar-refractivity contribution in [1.29, 1.82) is 5.26 Å². The van der Waals surface area contributed by atoms with E-state index in [1.165, 1.54) is 29.7 Å². The maximum Gasteiger partial charge on any atom is 0.246 e. The summed E-state index contributed by atoms with van der Waals surface area (Å²) in [6, 6.07) is 4.73. The second-order valence-corrected chi connectivity index (χ2v) is 6.54. The Balaban J connectivity index is 3.36. The first-order valence-corrected chi connectivity index (χ1v) is 7.05. The molecule has 0 unspecified atom stereocenters. The Labute approximate surface area is 108 Å². The molecule has 0 saturated heterocycles. The Morgan fingerprint density at radius 1 is 1.50 bits per heavy atom. The lowest BCUT2D eigenvalue weighted by Gasteiger charge is -2.33. The normalized spacial score (nSPS) is 12.4. The van der Waals surface area contributed by atoms with Gasteiger partial charge in [-0.2, -0.15) is 9.57 Å². The van der Waals surface area contributed by atoms with E-state index in [2.05, 4.69) is 4.98 Å². The van der Waals surface area contributed by atoms with Crippen molar-refractivity contribution in [3.8, 4) is 6.07 Å². The summed E-state index contributed by atoms with van der Waals surface area (Å²) in [4.78, 5) is 3.74. The van der Waals surface area contributed by atoms with Gasteiger partial charge in [0, 0.05) is 18.8 Å².